The third-order valence-corrected chi connectivity index (χ3v) is 5.14. The van der Waals surface area contributed by atoms with Gasteiger partial charge in [-0.25, -0.2) is 9.78 Å². The number of hydrogen-bond acceptors (Lipinski definition) is 2. The second-order valence-corrected chi connectivity index (χ2v) is 6.23. The number of alkyl halides is 3. The van der Waals surface area contributed by atoms with Crippen molar-refractivity contribution in [2.24, 2.45) is 0 Å². The number of aromatic nitrogens is 1. The van der Waals surface area contributed by atoms with Gasteiger partial charge in [0.15, 0.2) is 5.69 Å². The van der Waals surface area contributed by atoms with Gasteiger partial charge in [0.2, 0.25) is 0 Å². The number of hydrogen-bond donors (Lipinski definition) is 1. The Morgan fingerprint density at radius 1 is 0.917 bits per heavy atom. The Hall–Kier alpha value is -0.920. The van der Waals surface area contributed by atoms with Crippen LogP contribution in [0.5, 0.6) is 0 Å². The van der Waals surface area contributed by atoms with Crippen molar-refractivity contribution in [3.8, 4) is 11.3 Å². The van der Waals surface area contributed by atoms with E-state index in [1.165, 1.54) is 0 Å². The Balaban J connectivity index is 2.83. The predicted octanol–water partition coefficient (Wildman–Crippen LogP) is 6.73. The maximum absolute atomic E-state index is 13.1. The van der Waals surface area contributed by atoms with Gasteiger partial charge in [0.25, 0.3) is 0 Å². The molecule has 0 amide bonds. The van der Waals surface area contributed by atoms with Gasteiger partial charge in [0.1, 0.15) is 0 Å². The minimum Gasteiger partial charge on any atom is -0.478 e. The normalized spacial score (nSPS) is 11.7. The Morgan fingerprint density at radius 3 is 1.79 bits per heavy atom. The summed E-state index contributed by atoms with van der Waals surface area (Å²) in [7, 11) is 0. The van der Waals surface area contributed by atoms with Crippen LogP contribution in [0.25, 0.3) is 11.3 Å². The highest BCUT2D eigenvalue weighted by Gasteiger charge is 2.38. The molecule has 0 spiro atoms. The first-order chi connectivity index (χ1) is 11.0. The minimum atomic E-state index is -5.01. The molecule has 0 aliphatic heterocycles. The zero-order valence-corrected chi connectivity index (χ0v) is 14.8. The van der Waals surface area contributed by atoms with Crippen LogP contribution in [0.2, 0.25) is 25.1 Å². The smallest absolute Gasteiger partial charge is 0.434 e. The van der Waals surface area contributed by atoms with Gasteiger partial charge >= 0.3 is 12.1 Å². The highest BCUT2D eigenvalue weighted by molar-refractivity contribution is 6.56. The highest BCUT2D eigenvalue weighted by Crippen LogP contribution is 2.48. The van der Waals surface area contributed by atoms with Crippen LogP contribution in [0.15, 0.2) is 12.1 Å². The first kappa shape index (κ1) is 19.4. The number of rotatable bonds is 2. The maximum atomic E-state index is 13.1. The zero-order valence-electron chi connectivity index (χ0n) is 11.0. The average molecular weight is 439 g/mol. The molecule has 0 saturated carbocycles. The van der Waals surface area contributed by atoms with E-state index in [4.69, 9.17) is 63.1 Å². The van der Waals surface area contributed by atoms with Crippen molar-refractivity contribution in [3.05, 3.63) is 48.5 Å². The van der Waals surface area contributed by atoms with E-state index in [1.807, 2.05) is 0 Å². The summed E-state index contributed by atoms with van der Waals surface area (Å²) >= 11 is 29.5. The number of carboxylic acid groups (broad SMARTS) is 1. The summed E-state index contributed by atoms with van der Waals surface area (Å²) < 4.78 is 39.2. The molecule has 2 rings (SSSR count). The first-order valence-electron chi connectivity index (χ1n) is 5.80. The summed E-state index contributed by atoms with van der Waals surface area (Å²) in [4.78, 5) is 14.3. The fourth-order valence-corrected chi connectivity index (χ4v) is 3.15. The van der Waals surface area contributed by atoms with Crippen molar-refractivity contribution in [1.29, 1.82) is 0 Å². The van der Waals surface area contributed by atoms with E-state index >= 15 is 0 Å². The number of carboxylic acids is 1. The number of aromatic carboxylic acids is 1. The molecule has 0 saturated heterocycles. The number of benzene rings is 1. The molecule has 0 radical (unpaired) electrons. The standard InChI is InChI=1S/C13H3Cl5F3NO2/c14-6-5(7(15)9(17)10(18)8(6)16)4-2-1-3(12(23)24)11(22-4)13(19,20)21/h1-2H,(H,23,24). The summed E-state index contributed by atoms with van der Waals surface area (Å²) in [6, 6.07) is 1.74. The molecule has 0 aliphatic carbocycles. The summed E-state index contributed by atoms with van der Waals surface area (Å²) in [5.41, 5.74) is -3.19. The van der Waals surface area contributed by atoms with Gasteiger partial charge in [0, 0.05) is 5.56 Å². The number of carbonyl (C=O) groups is 1. The van der Waals surface area contributed by atoms with Crippen LogP contribution in [-0.2, 0) is 6.18 Å². The highest BCUT2D eigenvalue weighted by atomic mass is 35.5. The van der Waals surface area contributed by atoms with Crippen LogP contribution in [0, 0.1) is 0 Å². The molecule has 0 unspecified atom stereocenters. The van der Waals surface area contributed by atoms with Crippen LogP contribution < -0.4 is 0 Å². The summed E-state index contributed by atoms with van der Waals surface area (Å²) in [6.07, 6.45) is -5.01. The zero-order chi connectivity index (χ0) is 18.4. The molecule has 3 nitrogen and oxygen atoms in total. The minimum absolute atomic E-state index is 0.171. The molecule has 0 fully saturated rings. The third-order valence-electron chi connectivity index (χ3n) is 2.86. The Labute approximate surface area is 157 Å². The summed E-state index contributed by atoms with van der Waals surface area (Å²) in [6.45, 7) is 0. The maximum Gasteiger partial charge on any atom is 0.434 e. The van der Waals surface area contributed by atoms with Crippen LogP contribution in [0.4, 0.5) is 13.2 Å². The van der Waals surface area contributed by atoms with E-state index in [0.29, 0.717) is 0 Å². The average Bonchev–Trinajstić information content (AvgIpc) is 2.50. The van der Waals surface area contributed by atoms with E-state index in [2.05, 4.69) is 4.98 Å². The molecule has 0 bridgehead atoms. The van der Waals surface area contributed by atoms with Crippen molar-refractivity contribution in [3.63, 3.8) is 0 Å². The number of nitrogens with zero attached hydrogens (tertiary/aromatic N) is 1. The van der Waals surface area contributed by atoms with Gasteiger partial charge in [-0.3, -0.25) is 0 Å². The van der Waals surface area contributed by atoms with Crippen molar-refractivity contribution >= 4 is 64.0 Å². The monoisotopic (exact) mass is 437 g/mol. The largest absolute Gasteiger partial charge is 0.478 e. The summed E-state index contributed by atoms with van der Waals surface area (Å²) in [5.74, 6) is -1.79. The first-order valence-corrected chi connectivity index (χ1v) is 7.69. The van der Waals surface area contributed by atoms with Gasteiger partial charge in [-0.2, -0.15) is 13.2 Å². The van der Waals surface area contributed by atoms with Gasteiger partial charge in [-0.1, -0.05) is 58.0 Å². The third kappa shape index (κ3) is 3.39. The van der Waals surface area contributed by atoms with E-state index in [-0.39, 0.29) is 36.4 Å². The van der Waals surface area contributed by atoms with Crippen LogP contribution >= 0.6 is 58.0 Å². The Bertz CT molecular complexity index is 825. The Kier molecular flexibility index (Phi) is 5.47. The molecule has 11 heteroatoms. The lowest BCUT2D eigenvalue weighted by atomic mass is 10.1. The number of halogens is 8. The van der Waals surface area contributed by atoms with E-state index < -0.39 is 23.4 Å². The van der Waals surface area contributed by atoms with Gasteiger partial charge in [-0.05, 0) is 12.1 Å². The molecule has 24 heavy (non-hydrogen) atoms. The van der Waals surface area contributed by atoms with E-state index in [9.17, 15) is 18.0 Å². The van der Waals surface area contributed by atoms with Crippen molar-refractivity contribution in [2.75, 3.05) is 0 Å². The lowest BCUT2D eigenvalue weighted by Gasteiger charge is -2.15. The SMILES string of the molecule is O=C(O)c1ccc(-c2c(Cl)c(Cl)c(Cl)c(Cl)c2Cl)nc1C(F)(F)F. The quantitative estimate of drug-likeness (QED) is 0.417. The lowest BCUT2D eigenvalue weighted by Crippen LogP contribution is -2.15. The number of pyridine rings is 1. The van der Waals surface area contributed by atoms with Crippen molar-refractivity contribution in [2.45, 2.75) is 6.18 Å². The molecule has 1 aromatic carbocycles. The lowest BCUT2D eigenvalue weighted by molar-refractivity contribution is -0.141. The van der Waals surface area contributed by atoms with E-state index in [0.717, 1.165) is 12.1 Å². The Morgan fingerprint density at radius 2 is 1.38 bits per heavy atom. The second-order valence-electron chi connectivity index (χ2n) is 4.34. The van der Waals surface area contributed by atoms with Crippen LogP contribution in [0.1, 0.15) is 16.1 Å². The molecular weight excluding hydrogens is 436 g/mol. The molecular formula is C13H3Cl5F3NO2. The molecule has 128 valence electrons. The van der Waals surface area contributed by atoms with Gasteiger partial charge in [-0.15, -0.1) is 0 Å². The molecule has 1 aromatic heterocycles. The molecule has 0 atom stereocenters. The van der Waals surface area contributed by atoms with Crippen molar-refractivity contribution < 1.29 is 23.1 Å². The van der Waals surface area contributed by atoms with Gasteiger partial charge < -0.3 is 5.11 Å². The van der Waals surface area contributed by atoms with Crippen molar-refractivity contribution in [1.82, 2.24) is 4.98 Å². The predicted molar refractivity (Wildman–Crippen MR) is 86.7 cm³/mol. The van der Waals surface area contributed by atoms with E-state index in [1.54, 1.807) is 0 Å². The fourth-order valence-electron chi connectivity index (χ4n) is 1.82. The topological polar surface area (TPSA) is 50.2 Å². The molecule has 0 aliphatic rings. The van der Waals surface area contributed by atoms with Crippen LogP contribution in [0.3, 0.4) is 0 Å². The van der Waals surface area contributed by atoms with Gasteiger partial charge in [0.05, 0.1) is 36.4 Å². The second kappa shape index (κ2) is 6.77. The molecule has 1 N–H and O–H groups in total. The summed E-state index contributed by atoms with van der Waals surface area (Å²) in [5, 5.41) is 7.73. The van der Waals surface area contributed by atoms with Crippen LogP contribution in [-0.4, -0.2) is 16.1 Å². The fraction of sp³-hybridized carbons (Fsp3) is 0.0769. The molecule has 1 heterocycles. The molecule has 2 aromatic rings.